The fraction of sp³-hybridized carbons (Fsp3) is 0.933. The average Bonchev–Trinajstić information content (AvgIpc) is 2.60. The zero-order valence-corrected chi connectivity index (χ0v) is 12.5. The van der Waals surface area contributed by atoms with Crippen molar-refractivity contribution in [2.45, 2.75) is 64.1 Å². The van der Waals surface area contributed by atoms with E-state index in [0.717, 1.165) is 32.4 Å². The van der Waals surface area contributed by atoms with Gasteiger partial charge in [-0.15, -0.1) is 0 Å². The quantitative estimate of drug-likeness (QED) is 0.778. The van der Waals surface area contributed by atoms with Crippen LogP contribution in [0.4, 0.5) is 0 Å². The van der Waals surface area contributed by atoms with Gasteiger partial charge in [0.05, 0.1) is 5.92 Å². The topological polar surface area (TPSA) is 43.8 Å². The molecule has 4 nitrogen and oxygen atoms in total. The fourth-order valence-corrected chi connectivity index (χ4v) is 3.73. The third-order valence-corrected chi connectivity index (χ3v) is 5.15. The van der Waals surface area contributed by atoms with Gasteiger partial charge in [0, 0.05) is 31.2 Å². The van der Waals surface area contributed by atoms with E-state index in [-0.39, 0.29) is 12.0 Å². The monoisotopic (exact) mass is 268 g/mol. The van der Waals surface area contributed by atoms with Gasteiger partial charge in [0.1, 0.15) is 0 Å². The maximum absolute atomic E-state index is 11.6. The van der Waals surface area contributed by atoms with Gasteiger partial charge in [0.15, 0.2) is 0 Å². The minimum atomic E-state index is -0.592. The van der Waals surface area contributed by atoms with Crippen molar-refractivity contribution < 1.29 is 9.90 Å². The minimum absolute atomic E-state index is 0.162. The molecule has 0 spiro atoms. The third kappa shape index (κ3) is 3.29. The van der Waals surface area contributed by atoms with E-state index in [9.17, 15) is 9.90 Å². The van der Waals surface area contributed by atoms with Crippen LogP contribution in [0.1, 0.15) is 46.0 Å². The molecule has 2 rings (SSSR count). The summed E-state index contributed by atoms with van der Waals surface area (Å²) >= 11 is 0. The summed E-state index contributed by atoms with van der Waals surface area (Å²) in [6, 6.07) is 1.28. The smallest absolute Gasteiger partial charge is 0.308 e. The summed E-state index contributed by atoms with van der Waals surface area (Å²) < 4.78 is 0. The standard InChI is InChI=1S/C15H28N2O2/c1-11-9-17(10-12(2)16(11)3)14-8-6-4-5-7-13(14)15(18)19/h11-14H,4-10H2,1-3H3,(H,18,19). The van der Waals surface area contributed by atoms with Gasteiger partial charge in [-0.1, -0.05) is 19.3 Å². The molecule has 4 atom stereocenters. The molecule has 0 radical (unpaired) electrons. The van der Waals surface area contributed by atoms with Crippen molar-refractivity contribution in [1.29, 1.82) is 0 Å². The van der Waals surface area contributed by atoms with Gasteiger partial charge < -0.3 is 5.11 Å². The van der Waals surface area contributed by atoms with Crippen LogP contribution in [-0.2, 0) is 4.79 Å². The van der Waals surface area contributed by atoms with Crippen LogP contribution in [0, 0.1) is 5.92 Å². The zero-order chi connectivity index (χ0) is 14.0. The van der Waals surface area contributed by atoms with Gasteiger partial charge in [-0.25, -0.2) is 0 Å². The molecular weight excluding hydrogens is 240 g/mol. The number of aliphatic carboxylic acids is 1. The molecule has 0 amide bonds. The van der Waals surface area contributed by atoms with E-state index in [2.05, 4.69) is 30.7 Å². The molecule has 19 heavy (non-hydrogen) atoms. The van der Waals surface area contributed by atoms with E-state index >= 15 is 0 Å². The first-order chi connectivity index (χ1) is 9.00. The Labute approximate surface area is 116 Å². The molecule has 2 fully saturated rings. The Balaban J connectivity index is 2.10. The highest BCUT2D eigenvalue weighted by Gasteiger charge is 2.37. The Bertz CT molecular complexity index is 309. The molecule has 1 aliphatic carbocycles. The molecule has 0 aromatic carbocycles. The first-order valence-corrected chi connectivity index (χ1v) is 7.69. The van der Waals surface area contributed by atoms with Crippen LogP contribution in [0.3, 0.4) is 0 Å². The summed E-state index contributed by atoms with van der Waals surface area (Å²) in [4.78, 5) is 16.4. The molecule has 1 heterocycles. The van der Waals surface area contributed by atoms with Crippen LogP contribution in [0.2, 0.25) is 0 Å². The fourth-order valence-electron chi connectivity index (χ4n) is 3.73. The van der Waals surface area contributed by atoms with Crippen LogP contribution in [0.15, 0.2) is 0 Å². The first kappa shape index (κ1) is 14.8. The highest BCUT2D eigenvalue weighted by atomic mass is 16.4. The summed E-state index contributed by atoms with van der Waals surface area (Å²) in [5.41, 5.74) is 0. The number of piperazine rings is 1. The average molecular weight is 268 g/mol. The minimum Gasteiger partial charge on any atom is -0.481 e. The highest BCUT2D eigenvalue weighted by Crippen LogP contribution is 2.30. The van der Waals surface area contributed by atoms with E-state index in [1.807, 2.05) is 0 Å². The Morgan fingerprint density at radius 2 is 1.63 bits per heavy atom. The van der Waals surface area contributed by atoms with E-state index in [1.165, 1.54) is 12.8 Å². The molecule has 0 aromatic rings. The molecule has 4 heteroatoms. The number of carboxylic acids is 1. The van der Waals surface area contributed by atoms with Gasteiger partial charge in [0.2, 0.25) is 0 Å². The van der Waals surface area contributed by atoms with Crippen molar-refractivity contribution in [2.24, 2.45) is 5.92 Å². The van der Waals surface area contributed by atoms with Crippen molar-refractivity contribution in [3.05, 3.63) is 0 Å². The Morgan fingerprint density at radius 3 is 2.21 bits per heavy atom. The van der Waals surface area contributed by atoms with Crippen molar-refractivity contribution >= 4 is 5.97 Å². The molecule has 0 bridgehead atoms. The molecule has 110 valence electrons. The highest BCUT2D eigenvalue weighted by molar-refractivity contribution is 5.71. The molecule has 2 aliphatic rings. The number of likely N-dealkylation sites (N-methyl/N-ethyl adjacent to an activating group) is 1. The van der Waals surface area contributed by atoms with E-state index in [4.69, 9.17) is 0 Å². The third-order valence-electron chi connectivity index (χ3n) is 5.15. The summed E-state index contributed by atoms with van der Waals surface area (Å²) in [6.07, 6.45) is 5.37. The first-order valence-electron chi connectivity index (χ1n) is 7.69. The summed E-state index contributed by atoms with van der Waals surface area (Å²) in [5, 5.41) is 9.51. The van der Waals surface area contributed by atoms with Crippen LogP contribution in [0.25, 0.3) is 0 Å². The number of carboxylic acid groups (broad SMARTS) is 1. The van der Waals surface area contributed by atoms with E-state index in [1.54, 1.807) is 0 Å². The molecular formula is C15H28N2O2. The van der Waals surface area contributed by atoms with Gasteiger partial charge in [-0.3, -0.25) is 14.6 Å². The van der Waals surface area contributed by atoms with Gasteiger partial charge in [-0.05, 0) is 33.7 Å². The molecule has 0 aromatic heterocycles. The zero-order valence-electron chi connectivity index (χ0n) is 12.5. The van der Waals surface area contributed by atoms with Gasteiger partial charge in [-0.2, -0.15) is 0 Å². The normalized spacial score (nSPS) is 38.9. The van der Waals surface area contributed by atoms with Crippen LogP contribution < -0.4 is 0 Å². The van der Waals surface area contributed by atoms with E-state index < -0.39 is 5.97 Å². The number of rotatable bonds is 2. The number of hydrogen-bond acceptors (Lipinski definition) is 3. The summed E-state index contributed by atoms with van der Waals surface area (Å²) in [5.74, 6) is -0.753. The van der Waals surface area contributed by atoms with Crippen molar-refractivity contribution in [3.63, 3.8) is 0 Å². The van der Waals surface area contributed by atoms with Crippen molar-refractivity contribution in [1.82, 2.24) is 9.80 Å². The molecule has 1 saturated heterocycles. The van der Waals surface area contributed by atoms with Crippen molar-refractivity contribution in [2.75, 3.05) is 20.1 Å². The number of hydrogen-bond donors (Lipinski definition) is 1. The maximum Gasteiger partial charge on any atom is 0.308 e. The largest absolute Gasteiger partial charge is 0.481 e. The summed E-state index contributed by atoms with van der Waals surface area (Å²) in [7, 11) is 2.18. The number of nitrogens with zero attached hydrogens (tertiary/aromatic N) is 2. The lowest BCUT2D eigenvalue weighted by molar-refractivity contribution is -0.145. The Morgan fingerprint density at radius 1 is 1.05 bits per heavy atom. The maximum atomic E-state index is 11.6. The van der Waals surface area contributed by atoms with Crippen LogP contribution >= 0.6 is 0 Å². The Hall–Kier alpha value is -0.610. The molecule has 1 aliphatic heterocycles. The SMILES string of the molecule is CC1CN(C2CCCCCC2C(=O)O)CC(C)N1C. The molecule has 1 N–H and O–H groups in total. The lowest BCUT2D eigenvalue weighted by atomic mass is 9.91. The van der Waals surface area contributed by atoms with Crippen molar-refractivity contribution in [3.8, 4) is 0 Å². The lowest BCUT2D eigenvalue weighted by Crippen LogP contribution is -2.59. The van der Waals surface area contributed by atoms with Gasteiger partial charge >= 0.3 is 5.97 Å². The van der Waals surface area contributed by atoms with E-state index in [0.29, 0.717) is 12.1 Å². The number of carbonyl (C=O) groups is 1. The predicted molar refractivity (Wildman–Crippen MR) is 76.3 cm³/mol. The molecule has 1 saturated carbocycles. The van der Waals surface area contributed by atoms with Crippen LogP contribution in [-0.4, -0.2) is 59.1 Å². The second-order valence-corrected chi connectivity index (χ2v) is 6.47. The predicted octanol–water partition coefficient (Wildman–Crippen LogP) is 2.04. The lowest BCUT2D eigenvalue weighted by Gasteiger charge is -2.46. The second-order valence-electron chi connectivity index (χ2n) is 6.47. The molecule has 4 unspecified atom stereocenters. The Kier molecular flexibility index (Phi) is 4.85. The van der Waals surface area contributed by atoms with Crippen LogP contribution in [0.5, 0.6) is 0 Å². The summed E-state index contributed by atoms with van der Waals surface area (Å²) in [6.45, 7) is 6.51. The van der Waals surface area contributed by atoms with Gasteiger partial charge in [0.25, 0.3) is 0 Å². The second kappa shape index (κ2) is 6.23.